The van der Waals surface area contributed by atoms with Crippen LogP contribution < -0.4 is 15.4 Å². The summed E-state index contributed by atoms with van der Waals surface area (Å²) in [5.74, 6) is 0.541. The molecule has 1 heterocycles. The Labute approximate surface area is 210 Å². The fourth-order valence-corrected chi connectivity index (χ4v) is 4.64. The fraction of sp³-hybridized carbons (Fsp3) is 0.269. The van der Waals surface area contributed by atoms with Crippen molar-refractivity contribution in [2.45, 2.75) is 19.0 Å². The van der Waals surface area contributed by atoms with Gasteiger partial charge < -0.3 is 20.3 Å². The maximum Gasteiger partial charge on any atom is 0.271 e. The van der Waals surface area contributed by atoms with E-state index < -0.39 is 6.17 Å². The van der Waals surface area contributed by atoms with E-state index in [1.807, 2.05) is 66.7 Å². The van der Waals surface area contributed by atoms with E-state index in [9.17, 15) is 4.79 Å². The Balaban J connectivity index is 1.52. The second-order valence-electron chi connectivity index (χ2n) is 8.10. The zero-order valence-corrected chi connectivity index (χ0v) is 20.7. The number of aliphatic imine (C=N–C) groups is 1. The van der Waals surface area contributed by atoms with Crippen molar-refractivity contribution >= 4 is 40.6 Å². The summed E-state index contributed by atoms with van der Waals surface area (Å²) in [4.78, 5) is 19.9. The number of methoxy groups -OCH3 is 1. The number of halogens is 1. The lowest BCUT2D eigenvalue weighted by molar-refractivity contribution is -0.129. The molecule has 2 atom stereocenters. The smallest absolute Gasteiger partial charge is 0.271 e. The predicted molar refractivity (Wildman–Crippen MR) is 140 cm³/mol. The number of nitrogens with zero attached hydrogens (tertiary/aromatic N) is 2. The lowest BCUT2D eigenvalue weighted by Crippen LogP contribution is -2.49. The second-order valence-corrected chi connectivity index (χ2v) is 9.00. The molecule has 34 heavy (non-hydrogen) atoms. The molecule has 1 aliphatic carbocycles. The number of likely N-dealkylation sites (N-methyl/N-ethyl adjacent to an activating group) is 1. The molecule has 2 N–H and O–H groups in total. The highest BCUT2D eigenvalue weighted by Gasteiger charge is 2.36. The van der Waals surface area contributed by atoms with Gasteiger partial charge in [-0.3, -0.25) is 9.79 Å². The van der Waals surface area contributed by atoms with Crippen LogP contribution in [0.15, 0.2) is 82.5 Å². The van der Waals surface area contributed by atoms with Crippen LogP contribution in [0.4, 0.5) is 0 Å². The largest absolute Gasteiger partial charge is 0.496 e. The lowest BCUT2D eigenvalue weighted by atomic mass is 9.87. The van der Waals surface area contributed by atoms with Crippen LogP contribution in [0.5, 0.6) is 5.75 Å². The number of fused-ring (bicyclic) bond motifs is 1. The Morgan fingerprint density at radius 2 is 1.91 bits per heavy atom. The van der Waals surface area contributed by atoms with Crippen LogP contribution in [0.25, 0.3) is 0 Å². The monoisotopic (exact) mass is 494 g/mol. The topological polar surface area (TPSA) is 66.0 Å². The third kappa shape index (κ3) is 5.32. The predicted octanol–water partition coefficient (Wildman–Crippen LogP) is 4.02. The number of hydrogen-bond donors (Lipinski definition) is 2. The summed E-state index contributed by atoms with van der Waals surface area (Å²) in [6, 6.07) is 17.7. The van der Waals surface area contributed by atoms with Gasteiger partial charge in [0.1, 0.15) is 5.75 Å². The number of nitrogens with one attached hydrogen (secondary N) is 2. The number of thiocarbonyl (C=S) groups is 1. The second kappa shape index (κ2) is 10.8. The number of benzene rings is 2. The molecular weight excluding hydrogens is 468 g/mol. The van der Waals surface area contributed by atoms with Crippen LogP contribution >= 0.6 is 23.8 Å². The van der Waals surface area contributed by atoms with Gasteiger partial charge in [0.2, 0.25) is 6.17 Å². The van der Waals surface area contributed by atoms with E-state index in [4.69, 9.17) is 33.5 Å². The number of rotatable bonds is 6. The van der Waals surface area contributed by atoms with E-state index in [0.717, 1.165) is 39.7 Å². The molecule has 2 aromatic rings. The van der Waals surface area contributed by atoms with Gasteiger partial charge in [-0.05, 0) is 54.4 Å². The van der Waals surface area contributed by atoms with Gasteiger partial charge in [-0.25, -0.2) is 0 Å². The maximum atomic E-state index is 13.3. The third-order valence-corrected chi connectivity index (χ3v) is 6.49. The first-order valence-electron chi connectivity index (χ1n) is 11.1. The molecule has 2 aliphatic rings. The first-order valence-corrected chi connectivity index (χ1v) is 11.9. The van der Waals surface area contributed by atoms with Gasteiger partial charge in [0, 0.05) is 30.2 Å². The fourth-order valence-electron chi connectivity index (χ4n) is 4.21. The number of hydrogen-bond acceptors (Lipinski definition) is 4. The van der Waals surface area contributed by atoms with Gasteiger partial charge in [0.15, 0.2) is 5.11 Å². The normalized spacial score (nSPS) is 19.8. The summed E-state index contributed by atoms with van der Waals surface area (Å²) in [6.45, 7) is 0.589. The molecule has 4 rings (SSSR count). The maximum absolute atomic E-state index is 13.3. The van der Waals surface area contributed by atoms with Crippen molar-refractivity contribution in [3.8, 4) is 5.75 Å². The van der Waals surface area contributed by atoms with E-state index in [0.29, 0.717) is 18.1 Å². The van der Waals surface area contributed by atoms with Crippen LogP contribution in [0, 0.1) is 5.92 Å². The van der Waals surface area contributed by atoms with E-state index in [1.165, 1.54) is 0 Å². The number of allylic oxidation sites excluding steroid dienone is 4. The molecule has 0 fully saturated rings. The summed E-state index contributed by atoms with van der Waals surface area (Å²) in [7, 11) is 3.43. The SMILES string of the molecule is COc1ccccc1CCNC(=S)NC1N=C(c2ccccc2)C2CC(Cl)=CC=C2N(C)C1=O. The van der Waals surface area contributed by atoms with Gasteiger partial charge in [-0.2, -0.15) is 0 Å². The van der Waals surface area contributed by atoms with Crippen molar-refractivity contribution in [1.29, 1.82) is 0 Å². The number of ether oxygens (including phenoxy) is 1. The molecule has 2 unspecified atom stereocenters. The number of carbonyl (C=O) groups excluding carboxylic acids is 1. The average molecular weight is 495 g/mol. The molecule has 0 bridgehead atoms. The molecule has 6 nitrogen and oxygen atoms in total. The minimum absolute atomic E-state index is 0.118. The molecule has 0 aromatic heterocycles. The van der Waals surface area contributed by atoms with Crippen LogP contribution in [0.2, 0.25) is 0 Å². The van der Waals surface area contributed by atoms with Crippen molar-refractivity contribution in [2.75, 3.05) is 20.7 Å². The Morgan fingerprint density at radius 3 is 2.68 bits per heavy atom. The first-order chi connectivity index (χ1) is 16.5. The zero-order chi connectivity index (χ0) is 24.1. The highest BCUT2D eigenvalue weighted by Crippen LogP contribution is 2.34. The number of amides is 1. The molecule has 0 saturated carbocycles. The quantitative estimate of drug-likeness (QED) is 0.594. The molecule has 8 heteroatoms. The van der Waals surface area contributed by atoms with Gasteiger partial charge >= 0.3 is 0 Å². The van der Waals surface area contributed by atoms with Crippen molar-refractivity contribution in [3.63, 3.8) is 0 Å². The van der Waals surface area contributed by atoms with Crippen LogP contribution in [0.1, 0.15) is 17.5 Å². The van der Waals surface area contributed by atoms with Gasteiger partial charge in [-0.1, -0.05) is 60.1 Å². The van der Waals surface area contributed by atoms with Crippen LogP contribution in [-0.2, 0) is 11.2 Å². The molecular formula is C26H27ClN4O2S. The summed E-state index contributed by atoms with van der Waals surface area (Å²) in [5.41, 5.74) is 3.71. The Bertz CT molecular complexity index is 1160. The van der Waals surface area contributed by atoms with Gasteiger partial charge in [-0.15, -0.1) is 0 Å². The molecule has 2 aromatic carbocycles. The third-order valence-electron chi connectivity index (χ3n) is 5.95. The van der Waals surface area contributed by atoms with Crippen LogP contribution in [0.3, 0.4) is 0 Å². The minimum atomic E-state index is -0.850. The highest BCUT2D eigenvalue weighted by atomic mass is 35.5. The van der Waals surface area contributed by atoms with Gasteiger partial charge in [0.25, 0.3) is 5.91 Å². The van der Waals surface area contributed by atoms with Crippen LogP contribution in [-0.4, -0.2) is 48.5 Å². The molecule has 1 aliphatic heterocycles. The molecule has 176 valence electrons. The lowest BCUT2D eigenvalue weighted by Gasteiger charge is -2.28. The molecule has 0 radical (unpaired) electrons. The Hall–Kier alpha value is -3.16. The highest BCUT2D eigenvalue weighted by molar-refractivity contribution is 7.80. The molecule has 1 amide bonds. The number of para-hydroxylation sites is 1. The molecule has 0 spiro atoms. The summed E-state index contributed by atoms with van der Waals surface area (Å²) in [5, 5.41) is 7.40. The van der Waals surface area contributed by atoms with Crippen molar-refractivity contribution < 1.29 is 9.53 Å². The summed E-state index contributed by atoms with van der Waals surface area (Å²) >= 11 is 11.9. The average Bonchev–Trinajstić information content (AvgIpc) is 2.95. The minimum Gasteiger partial charge on any atom is -0.496 e. The Morgan fingerprint density at radius 1 is 1.18 bits per heavy atom. The van der Waals surface area contributed by atoms with Gasteiger partial charge in [0.05, 0.1) is 12.8 Å². The van der Waals surface area contributed by atoms with E-state index in [1.54, 1.807) is 19.1 Å². The summed E-state index contributed by atoms with van der Waals surface area (Å²) in [6.07, 6.45) is 4.21. The summed E-state index contributed by atoms with van der Waals surface area (Å²) < 4.78 is 5.41. The van der Waals surface area contributed by atoms with Crippen molar-refractivity contribution in [1.82, 2.24) is 15.5 Å². The van der Waals surface area contributed by atoms with E-state index in [2.05, 4.69) is 10.6 Å². The Kier molecular flexibility index (Phi) is 7.65. The van der Waals surface area contributed by atoms with Crippen molar-refractivity contribution in [3.05, 3.63) is 88.6 Å². The zero-order valence-electron chi connectivity index (χ0n) is 19.1. The van der Waals surface area contributed by atoms with E-state index in [-0.39, 0.29) is 11.8 Å². The molecule has 0 saturated heterocycles. The van der Waals surface area contributed by atoms with Crippen molar-refractivity contribution in [2.24, 2.45) is 10.9 Å². The first kappa shape index (κ1) is 24.0. The van der Waals surface area contributed by atoms with E-state index >= 15 is 0 Å². The standard InChI is InChI=1S/C26H27ClN4O2S/c1-31-21-13-12-19(27)16-20(21)23(18-9-4-3-5-10-18)29-24(25(31)32)30-26(34)28-15-14-17-8-6-7-11-22(17)33-2/h3-13,20,24H,14-16H2,1-2H3,(H2,28,30,34). The number of carbonyl (C=O) groups is 1.